The first-order valence-corrected chi connectivity index (χ1v) is 8.41. The Kier molecular flexibility index (Phi) is 3.99. The zero-order chi connectivity index (χ0) is 18.3. The van der Waals surface area contributed by atoms with Crippen molar-refractivity contribution in [3.05, 3.63) is 77.4 Å². The van der Waals surface area contributed by atoms with Crippen molar-refractivity contribution in [1.82, 2.24) is 4.98 Å². The summed E-state index contributed by atoms with van der Waals surface area (Å²) in [5.41, 5.74) is 1.30. The highest BCUT2D eigenvalue weighted by Gasteiger charge is 2.43. The van der Waals surface area contributed by atoms with Crippen molar-refractivity contribution in [2.45, 2.75) is 18.8 Å². The molecule has 0 spiro atoms. The van der Waals surface area contributed by atoms with Crippen LogP contribution in [0.4, 0.5) is 4.39 Å². The van der Waals surface area contributed by atoms with Crippen molar-refractivity contribution in [2.75, 3.05) is 0 Å². The van der Waals surface area contributed by atoms with E-state index in [2.05, 4.69) is 4.98 Å². The number of aromatic carboxylic acids is 1. The zero-order valence-corrected chi connectivity index (χ0v) is 13.9. The molecule has 5 heteroatoms. The van der Waals surface area contributed by atoms with E-state index >= 15 is 0 Å². The molecule has 2 aromatic carbocycles. The Morgan fingerprint density at radius 2 is 1.96 bits per heavy atom. The minimum Gasteiger partial charge on any atom is -0.478 e. The molecule has 1 saturated carbocycles. The number of ketones is 1. The van der Waals surface area contributed by atoms with E-state index in [-0.39, 0.29) is 23.2 Å². The van der Waals surface area contributed by atoms with Gasteiger partial charge in [-0.2, -0.15) is 0 Å². The van der Waals surface area contributed by atoms with Crippen LogP contribution in [-0.2, 0) is 11.2 Å². The third-order valence-electron chi connectivity index (χ3n) is 4.94. The number of halogens is 1. The van der Waals surface area contributed by atoms with Crippen molar-refractivity contribution >= 4 is 22.5 Å². The number of aromatic nitrogens is 1. The molecule has 3 aromatic rings. The van der Waals surface area contributed by atoms with Crippen molar-refractivity contribution in [3.8, 4) is 0 Å². The number of rotatable bonds is 5. The van der Waals surface area contributed by atoms with Crippen LogP contribution < -0.4 is 0 Å². The van der Waals surface area contributed by atoms with E-state index in [1.165, 1.54) is 12.1 Å². The van der Waals surface area contributed by atoms with Gasteiger partial charge in [0.1, 0.15) is 11.6 Å². The first-order valence-electron chi connectivity index (χ1n) is 8.41. The predicted octanol–water partition coefficient (Wildman–Crippen LogP) is 3.99. The van der Waals surface area contributed by atoms with Crippen LogP contribution in [0.3, 0.4) is 0 Å². The Bertz CT molecular complexity index is 1030. The molecule has 0 unspecified atom stereocenters. The maximum absolute atomic E-state index is 13.8. The summed E-state index contributed by atoms with van der Waals surface area (Å²) in [6.07, 6.45) is 4.53. The summed E-state index contributed by atoms with van der Waals surface area (Å²) >= 11 is 0. The number of hydrogen-bond acceptors (Lipinski definition) is 3. The minimum absolute atomic E-state index is 0.0236. The van der Waals surface area contributed by atoms with Gasteiger partial charge < -0.3 is 5.11 Å². The van der Waals surface area contributed by atoms with Gasteiger partial charge in [-0.1, -0.05) is 24.3 Å². The highest BCUT2D eigenvalue weighted by atomic mass is 19.1. The number of pyridine rings is 1. The van der Waals surface area contributed by atoms with Crippen LogP contribution in [0.25, 0.3) is 10.8 Å². The molecule has 0 saturated heterocycles. The lowest BCUT2D eigenvalue weighted by atomic mass is 10.00. The first-order chi connectivity index (χ1) is 12.5. The summed E-state index contributed by atoms with van der Waals surface area (Å²) in [5, 5.41) is 11.0. The number of nitrogens with zero attached hydrogens (tertiary/aromatic N) is 1. The molecule has 1 aromatic heterocycles. The normalized spacial score (nSPS) is 18.7. The van der Waals surface area contributed by atoms with Crippen molar-refractivity contribution < 1.29 is 19.1 Å². The van der Waals surface area contributed by atoms with Gasteiger partial charge in [0.05, 0.1) is 5.56 Å². The third kappa shape index (κ3) is 3.08. The summed E-state index contributed by atoms with van der Waals surface area (Å²) in [6.45, 7) is 0. The lowest BCUT2D eigenvalue weighted by Crippen LogP contribution is -2.07. The van der Waals surface area contributed by atoms with E-state index < -0.39 is 11.8 Å². The Balaban J connectivity index is 1.46. The van der Waals surface area contributed by atoms with Gasteiger partial charge in [-0.3, -0.25) is 9.78 Å². The molecule has 1 aliphatic carbocycles. The molecule has 0 aliphatic heterocycles. The van der Waals surface area contributed by atoms with Crippen LogP contribution in [0, 0.1) is 11.7 Å². The second-order valence-electron chi connectivity index (χ2n) is 6.69. The molecule has 2 atom stereocenters. The average molecular weight is 349 g/mol. The Morgan fingerprint density at radius 3 is 2.73 bits per heavy atom. The number of carboxylic acid groups (broad SMARTS) is 1. The number of carbonyl (C=O) groups is 2. The standard InChI is InChI=1S/C21H16FNO3/c22-19-9-14(3-4-16(19)21(25)26)17-10-18(17)20(24)8-12-1-2-15-11-23-6-5-13(15)7-12/h1-7,9,11,17-18H,8,10H2,(H,25,26)/t17-,18+/m0/s1. The van der Waals surface area contributed by atoms with E-state index in [4.69, 9.17) is 5.11 Å². The molecule has 0 amide bonds. The molecule has 1 fully saturated rings. The summed E-state index contributed by atoms with van der Waals surface area (Å²) in [7, 11) is 0. The summed E-state index contributed by atoms with van der Waals surface area (Å²) < 4.78 is 13.8. The Hall–Kier alpha value is -3.08. The number of Topliss-reactive ketones (excluding diaryl/α,β-unsaturated/α-hetero) is 1. The van der Waals surface area contributed by atoms with Crippen LogP contribution >= 0.6 is 0 Å². The van der Waals surface area contributed by atoms with Crippen LogP contribution in [0.15, 0.2) is 54.9 Å². The van der Waals surface area contributed by atoms with E-state index in [9.17, 15) is 14.0 Å². The third-order valence-corrected chi connectivity index (χ3v) is 4.94. The van der Waals surface area contributed by atoms with Gasteiger partial charge in [-0.15, -0.1) is 0 Å². The maximum Gasteiger partial charge on any atom is 0.338 e. The Labute approximate surface area is 149 Å². The fraction of sp³-hybridized carbons (Fsp3) is 0.190. The number of fused-ring (bicyclic) bond motifs is 1. The zero-order valence-electron chi connectivity index (χ0n) is 13.9. The van der Waals surface area contributed by atoms with Crippen LogP contribution in [-0.4, -0.2) is 21.8 Å². The van der Waals surface area contributed by atoms with Crippen LogP contribution in [0.2, 0.25) is 0 Å². The number of hydrogen-bond donors (Lipinski definition) is 1. The van der Waals surface area contributed by atoms with Gasteiger partial charge >= 0.3 is 5.97 Å². The number of carboxylic acids is 1. The minimum atomic E-state index is -1.29. The SMILES string of the molecule is O=C(O)c1ccc([C@@H]2C[C@H]2C(=O)Cc2ccc3cnccc3c2)cc1F. The molecule has 1 aliphatic rings. The maximum atomic E-state index is 13.8. The first kappa shape index (κ1) is 16.4. The van der Waals surface area contributed by atoms with Gasteiger partial charge in [-0.25, -0.2) is 9.18 Å². The summed E-state index contributed by atoms with van der Waals surface area (Å²) in [6, 6.07) is 11.9. The Morgan fingerprint density at radius 1 is 1.12 bits per heavy atom. The highest BCUT2D eigenvalue weighted by molar-refractivity contribution is 5.90. The fourth-order valence-corrected chi connectivity index (χ4v) is 3.43. The van der Waals surface area contributed by atoms with E-state index in [1.807, 2.05) is 24.3 Å². The second-order valence-corrected chi connectivity index (χ2v) is 6.69. The lowest BCUT2D eigenvalue weighted by Gasteiger charge is -2.05. The fourth-order valence-electron chi connectivity index (χ4n) is 3.43. The van der Waals surface area contributed by atoms with Crippen molar-refractivity contribution in [1.29, 1.82) is 0 Å². The molecule has 0 radical (unpaired) electrons. The molecule has 1 N–H and O–H groups in total. The van der Waals surface area contributed by atoms with Crippen molar-refractivity contribution in [3.63, 3.8) is 0 Å². The summed E-state index contributed by atoms with van der Waals surface area (Å²) in [5.74, 6) is -2.06. The molecule has 1 heterocycles. The van der Waals surface area contributed by atoms with E-state index in [1.54, 1.807) is 18.5 Å². The molecule has 4 nitrogen and oxygen atoms in total. The van der Waals surface area contributed by atoms with Gasteiger partial charge in [0, 0.05) is 30.1 Å². The molecular weight excluding hydrogens is 333 g/mol. The highest BCUT2D eigenvalue weighted by Crippen LogP contribution is 2.48. The summed E-state index contributed by atoms with van der Waals surface area (Å²) in [4.78, 5) is 27.5. The lowest BCUT2D eigenvalue weighted by molar-refractivity contribution is -0.119. The average Bonchev–Trinajstić information content (AvgIpc) is 3.42. The van der Waals surface area contributed by atoms with E-state index in [0.29, 0.717) is 18.4 Å². The molecule has 26 heavy (non-hydrogen) atoms. The van der Waals surface area contributed by atoms with Gasteiger partial charge in [0.2, 0.25) is 0 Å². The van der Waals surface area contributed by atoms with Gasteiger partial charge in [0.25, 0.3) is 0 Å². The van der Waals surface area contributed by atoms with Gasteiger partial charge in [-0.05, 0) is 47.1 Å². The van der Waals surface area contributed by atoms with Gasteiger partial charge in [0.15, 0.2) is 0 Å². The van der Waals surface area contributed by atoms with Crippen LogP contribution in [0.1, 0.15) is 33.8 Å². The van der Waals surface area contributed by atoms with Crippen LogP contribution in [0.5, 0.6) is 0 Å². The molecule has 0 bridgehead atoms. The monoisotopic (exact) mass is 349 g/mol. The largest absolute Gasteiger partial charge is 0.478 e. The predicted molar refractivity (Wildman–Crippen MR) is 94.7 cm³/mol. The quantitative estimate of drug-likeness (QED) is 0.756. The molecular formula is C21H16FNO3. The van der Waals surface area contributed by atoms with Crippen molar-refractivity contribution in [2.24, 2.45) is 5.92 Å². The molecule has 130 valence electrons. The molecule has 4 rings (SSSR count). The van der Waals surface area contributed by atoms with E-state index in [0.717, 1.165) is 16.3 Å². The second kappa shape index (κ2) is 6.33. The smallest absolute Gasteiger partial charge is 0.338 e. The number of benzene rings is 2. The number of carbonyl (C=O) groups excluding carboxylic acids is 1. The topological polar surface area (TPSA) is 67.3 Å².